The van der Waals surface area contributed by atoms with Crippen LogP contribution in [-0.4, -0.2) is 36.1 Å². The van der Waals surface area contributed by atoms with E-state index >= 15 is 0 Å². The first kappa shape index (κ1) is 14.9. The van der Waals surface area contributed by atoms with Crippen LogP contribution in [0.1, 0.15) is 46.5 Å². The Balaban J connectivity index is 2.09. The Bertz CT molecular complexity index is 313. The normalized spacial score (nSPS) is 37.7. The highest BCUT2D eigenvalue weighted by Gasteiger charge is 2.52. The second-order valence-corrected chi connectivity index (χ2v) is 13.7. The SMILES string of the molecule is CC(C)(C)[Si](C)(C)O[C@@H]1CCC[C@]12CC(O)CS2. The Labute approximate surface area is 117 Å². The molecule has 1 spiro atoms. The molecule has 1 N–H and O–H groups in total. The van der Waals surface area contributed by atoms with Gasteiger partial charge in [-0.3, -0.25) is 0 Å². The molecule has 18 heavy (non-hydrogen) atoms. The lowest BCUT2D eigenvalue weighted by molar-refractivity contribution is 0.122. The Morgan fingerprint density at radius 3 is 2.50 bits per heavy atom. The first-order valence-corrected chi connectivity index (χ1v) is 11.1. The van der Waals surface area contributed by atoms with E-state index in [-0.39, 0.29) is 15.9 Å². The van der Waals surface area contributed by atoms with E-state index in [1.165, 1.54) is 19.3 Å². The summed E-state index contributed by atoms with van der Waals surface area (Å²) in [6.07, 6.45) is 4.88. The fraction of sp³-hybridized carbons (Fsp3) is 1.00. The minimum absolute atomic E-state index is 0.112. The van der Waals surface area contributed by atoms with Gasteiger partial charge in [0.15, 0.2) is 8.32 Å². The average molecular weight is 289 g/mol. The molecule has 0 bridgehead atoms. The summed E-state index contributed by atoms with van der Waals surface area (Å²) in [4.78, 5) is 0. The van der Waals surface area contributed by atoms with Gasteiger partial charge in [-0.2, -0.15) is 0 Å². The first-order chi connectivity index (χ1) is 8.16. The summed E-state index contributed by atoms with van der Waals surface area (Å²) in [5.41, 5.74) is 0. The minimum Gasteiger partial charge on any atom is -0.413 e. The highest BCUT2D eigenvalue weighted by Crippen LogP contribution is 2.53. The molecule has 2 fully saturated rings. The van der Waals surface area contributed by atoms with Gasteiger partial charge in [0.05, 0.1) is 12.2 Å². The van der Waals surface area contributed by atoms with E-state index in [1.807, 2.05) is 11.8 Å². The molecule has 1 saturated heterocycles. The molecular weight excluding hydrogens is 260 g/mol. The molecule has 1 saturated carbocycles. The van der Waals surface area contributed by atoms with Crippen molar-refractivity contribution in [2.45, 2.75) is 81.5 Å². The Hall–Kier alpha value is 0.487. The van der Waals surface area contributed by atoms with E-state index < -0.39 is 8.32 Å². The van der Waals surface area contributed by atoms with Crippen LogP contribution in [0.3, 0.4) is 0 Å². The lowest BCUT2D eigenvalue weighted by atomic mass is 9.98. The summed E-state index contributed by atoms with van der Waals surface area (Å²) in [7, 11) is -1.68. The number of aliphatic hydroxyl groups is 1. The topological polar surface area (TPSA) is 29.5 Å². The van der Waals surface area contributed by atoms with Gasteiger partial charge < -0.3 is 9.53 Å². The molecule has 0 amide bonds. The summed E-state index contributed by atoms with van der Waals surface area (Å²) >= 11 is 1.97. The highest BCUT2D eigenvalue weighted by atomic mass is 32.2. The second kappa shape index (κ2) is 4.79. The van der Waals surface area contributed by atoms with Gasteiger partial charge in [0.2, 0.25) is 0 Å². The van der Waals surface area contributed by atoms with Crippen LogP contribution in [0.15, 0.2) is 0 Å². The van der Waals surface area contributed by atoms with Crippen LogP contribution in [0, 0.1) is 0 Å². The molecule has 1 aliphatic heterocycles. The molecule has 0 aromatic rings. The van der Waals surface area contributed by atoms with Crippen molar-refractivity contribution >= 4 is 20.1 Å². The zero-order valence-corrected chi connectivity index (χ0v) is 14.3. The van der Waals surface area contributed by atoms with E-state index in [4.69, 9.17) is 4.43 Å². The van der Waals surface area contributed by atoms with Gasteiger partial charge in [-0.1, -0.05) is 20.8 Å². The van der Waals surface area contributed by atoms with Gasteiger partial charge in [-0.05, 0) is 43.8 Å². The zero-order valence-electron chi connectivity index (χ0n) is 12.5. The molecular formula is C14H28O2SSi. The maximum atomic E-state index is 9.87. The van der Waals surface area contributed by atoms with Gasteiger partial charge >= 0.3 is 0 Å². The van der Waals surface area contributed by atoms with E-state index in [0.29, 0.717) is 6.10 Å². The summed E-state index contributed by atoms with van der Waals surface area (Å²) in [6.45, 7) is 11.6. The van der Waals surface area contributed by atoms with Crippen LogP contribution >= 0.6 is 11.8 Å². The third-order valence-electron chi connectivity index (χ3n) is 5.04. The van der Waals surface area contributed by atoms with Crippen LogP contribution in [-0.2, 0) is 4.43 Å². The lowest BCUT2D eigenvalue weighted by Gasteiger charge is -2.42. The summed E-state index contributed by atoms with van der Waals surface area (Å²) < 4.78 is 6.89. The van der Waals surface area contributed by atoms with Gasteiger partial charge in [0.1, 0.15) is 0 Å². The Kier molecular flexibility index (Phi) is 3.97. The first-order valence-electron chi connectivity index (χ1n) is 7.16. The number of thioether (sulfide) groups is 1. The number of aliphatic hydroxyl groups excluding tert-OH is 1. The molecule has 4 heteroatoms. The molecule has 1 aliphatic carbocycles. The zero-order chi connectivity index (χ0) is 13.6. The van der Waals surface area contributed by atoms with Crippen LogP contribution in [0.25, 0.3) is 0 Å². The maximum Gasteiger partial charge on any atom is 0.192 e. The summed E-state index contributed by atoms with van der Waals surface area (Å²) in [6, 6.07) is 0. The Morgan fingerprint density at radius 2 is 2.00 bits per heavy atom. The lowest BCUT2D eigenvalue weighted by Crippen LogP contribution is -2.48. The van der Waals surface area contributed by atoms with Gasteiger partial charge in [0, 0.05) is 10.5 Å². The predicted octanol–water partition coefficient (Wildman–Crippen LogP) is 3.80. The monoisotopic (exact) mass is 288 g/mol. The minimum atomic E-state index is -1.68. The molecule has 0 radical (unpaired) electrons. The number of rotatable bonds is 2. The summed E-state index contributed by atoms with van der Waals surface area (Å²) in [5.74, 6) is 0.900. The molecule has 3 atom stereocenters. The predicted molar refractivity (Wildman–Crippen MR) is 81.7 cm³/mol. The molecule has 0 aromatic heterocycles. The molecule has 2 rings (SSSR count). The average Bonchev–Trinajstić information content (AvgIpc) is 2.74. The second-order valence-electron chi connectivity index (χ2n) is 7.49. The highest BCUT2D eigenvalue weighted by molar-refractivity contribution is 8.01. The van der Waals surface area contributed by atoms with E-state index in [2.05, 4.69) is 33.9 Å². The summed E-state index contributed by atoms with van der Waals surface area (Å²) in [5, 5.41) is 10.1. The standard InChI is InChI=1S/C14H28O2SSi/c1-13(2,3)18(4,5)16-12-7-6-8-14(12)9-11(15)10-17-14/h11-12,15H,6-10H2,1-5H3/t11?,12-,14+/m1/s1. The number of hydrogen-bond acceptors (Lipinski definition) is 3. The van der Waals surface area contributed by atoms with Crippen molar-refractivity contribution in [2.24, 2.45) is 0 Å². The van der Waals surface area contributed by atoms with Gasteiger partial charge in [0.25, 0.3) is 0 Å². The van der Waals surface area contributed by atoms with Crippen LogP contribution < -0.4 is 0 Å². The maximum absolute atomic E-state index is 9.87. The number of hydrogen-bond donors (Lipinski definition) is 1. The molecule has 1 heterocycles. The molecule has 2 nitrogen and oxygen atoms in total. The van der Waals surface area contributed by atoms with Gasteiger partial charge in [-0.15, -0.1) is 11.8 Å². The molecule has 106 valence electrons. The van der Waals surface area contributed by atoms with E-state index in [0.717, 1.165) is 12.2 Å². The van der Waals surface area contributed by atoms with Crippen LogP contribution in [0.5, 0.6) is 0 Å². The van der Waals surface area contributed by atoms with Crippen LogP contribution in [0.2, 0.25) is 18.1 Å². The third-order valence-corrected chi connectivity index (χ3v) is 11.3. The smallest absolute Gasteiger partial charge is 0.192 e. The van der Waals surface area contributed by atoms with Crippen molar-refractivity contribution in [1.29, 1.82) is 0 Å². The van der Waals surface area contributed by atoms with Crippen molar-refractivity contribution in [3.05, 3.63) is 0 Å². The fourth-order valence-electron chi connectivity index (χ4n) is 2.89. The molecule has 2 aliphatic rings. The quantitative estimate of drug-likeness (QED) is 0.784. The molecule has 0 aromatic carbocycles. The largest absolute Gasteiger partial charge is 0.413 e. The van der Waals surface area contributed by atoms with Crippen molar-refractivity contribution in [1.82, 2.24) is 0 Å². The fourth-order valence-corrected chi connectivity index (χ4v) is 5.97. The van der Waals surface area contributed by atoms with E-state index in [1.54, 1.807) is 0 Å². The van der Waals surface area contributed by atoms with Crippen molar-refractivity contribution in [3.63, 3.8) is 0 Å². The van der Waals surface area contributed by atoms with Crippen LogP contribution in [0.4, 0.5) is 0 Å². The third kappa shape index (κ3) is 2.67. The van der Waals surface area contributed by atoms with Gasteiger partial charge in [-0.25, -0.2) is 0 Å². The van der Waals surface area contributed by atoms with Crippen molar-refractivity contribution in [2.75, 3.05) is 5.75 Å². The van der Waals surface area contributed by atoms with Crippen molar-refractivity contribution in [3.8, 4) is 0 Å². The Morgan fingerprint density at radius 1 is 1.33 bits per heavy atom. The van der Waals surface area contributed by atoms with Crippen molar-refractivity contribution < 1.29 is 9.53 Å². The van der Waals surface area contributed by atoms with E-state index in [9.17, 15) is 5.11 Å². The molecule has 1 unspecified atom stereocenters.